The van der Waals surface area contributed by atoms with Crippen LogP contribution in [0.3, 0.4) is 0 Å². The number of hydrogen-bond donors (Lipinski definition) is 1. The standard InChI is InChI=1S/C10H23O3P.Mo/c1-2-3-4-5-6-7-8-9-10-13-14(11)12;/h14H,2-10H2,1H3,(H,11,12);. The largest absolute Gasteiger partial charge is 0.326 e. The van der Waals surface area contributed by atoms with Gasteiger partial charge in [0.2, 0.25) is 0 Å². The first-order valence-electron chi connectivity index (χ1n) is 5.63. The number of rotatable bonds is 10. The zero-order valence-electron chi connectivity index (χ0n) is 9.54. The van der Waals surface area contributed by atoms with Crippen LogP contribution in [0, 0.1) is 0 Å². The maximum Gasteiger partial charge on any atom is 0.316 e. The summed E-state index contributed by atoms with van der Waals surface area (Å²) < 4.78 is 14.8. The van der Waals surface area contributed by atoms with E-state index in [0.717, 1.165) is 12.8 Å². The molecular weight excluding hydrogens is 295 g/mol. The molecule has 0 spiro atoms. The van der Waals surface area contributed by atoms with Gasteiger partial charge in [0, 0.05) is 21.1 Å². The van der Waals surface area contributed by atoms with Crippen molar-refractivity contribution in [3.05, 3.63) is 0 Å². The van der Waals surface area contributed by atoms with Crippen LogP contribution in [0.25, 0.3) is 0 Å². The third-order valence-corrected chi connectivity index (χ3v) is 2.67. The Morgan fingerprint density at radius 3 is 1.93 bits per heavy atom. The molecule has 0 heterocycles. The SMILES string of the molecule is CCCCCCCCCCO[PH](=O)O.[Mo]. The summed E-state index contributed by atoms with van der Waals surface area (Å²) >= 11 is 0. The fraction of sp³-hybridized carbons (Fsp3) is 1.00. The average molecular weight is 318 g/mol. The van der Waals surface area contributed by atoms with Gasteiger partial charge in [0.15, 0.2) is 0 Å². The van der Waals surface area contributed by atoms with Gasteiger partial charge >= 0.3 is 8.25 Å². The molecule has 0 saturated heterocycles. The molecule has 1 N–H and O–H groups in total. The van der Waals surface area contributed by atoms with Gasteiger partial charge in [-0.3, -0.25) is 4.57 Å². The molecule has 15 heavy (non-hydrogen) atoms. The molecule has 0 saturated carbocycles. The van der Waals surface area contributed by atoms with E-state index in [1.54, 1.807) is 0 Å². The second-order valence-electron chi connectivity index (χ2n) is 3.59. The summed E-state index contributed by atoms with van der Waals surface area (Å²) in [4.78, 5) is 8.38. The number of hydrogen-bond acceptors (Lipinski definition) is 2. The quantitative estimate of drug-likeness (QED) is 0.381. The maximum absolute atomic E-state index is 10.2. The van der Waals surface area contributed by atoms with Crippen LogP contribution in [0.5, 0.6) is 0 Å². The molecule has 0 radical (unpaired) electrons. The second kappa shape index (κ2) is 14.8. The molecule has 92 valence electrons. The molecule has 5 heteroatoms. The molecule has 0 rings (SSSR count). The summed E-state index contributed by atoms with van der Waals surface area (Å²) in [6.45, 7) is 2.65. The first-order chi connectivity index (χ1) is 6.77. The molecule has 0 aromatic heterocycles. The monoisotopic (exact) mass is 320 g/mol. The van der Waals surface area contributed by atoms with Crippen molar-refractivity contribution in [2.24, 2.45) is 0 Å². The van der Waals surface area contributed by atoms with E-state index in [1.165, 1.54) is 38.5 Å². The molecule has 3 nitrogen and oxygen atoms in total. The van der Waals surface area contributed by atoms with Crippen LogP contribution in [0.4, 0.5) is 0 Å². The summed E-state index contributed by atoms with van der Waals surface area (Å²) in [7, 11) is -2.69. The fourth-order valence-electron chi connectivity index (χ4n) is 1.40. The van der Waals surface area contributed by atoms with Gasteiger partial charge in [0.05, 0.1) is 6.61 Å². The van der Waals surface area contributed by atoms with Crippen molar-refractivity contribution in [3.8, 4) is 0 Å². The molecule has 0 aliphatic heterocycles. The van der Waals surface area contributed by atoms with Crippen LogP contribution in [0.2, 0.25) is 0 Å². The van der Waals surface area contributed by atoms with Crippen LogP contribution in [0.15, 0.2) is 0 Å². The molecule has 0 fully saturated rings. The summed E-state index contributed by atoms with van der Waals surface area (Å²) in [6, 6.07) is 0. The van der Waals surface area contributed by atoms with E-state index >= 15 is 0 Å². The van der Waals surface area contributed by atoms with Crippen molar-refractivity contribution in [2.75, 3.05) is 6.61 Å². The van der Waals surface area contributed by atoms with Crippen LogP contribution in [-0.4, -0.2) is 11.5 Å². The Labute approximate surface area is 108 Å². The minimum Gasteiger partial charge on any atom is -0.326 e. The predicted molar refractivity (Wildman–Crippen MR) is 59.8 cm³/mol. The Morgan fingerprint density at radius 2 is 1.47 bits per heavy atom. The molecule has 0 aliphatic carbocycles. The normalized spacial score (nSPS) is 12.1. The van der Waals surface area contributed by atoms with Crippen molar-refractivity contribution in [1.82, 2.24) is 0 Å². The minimum absolute atomic E-state index is 0. The molecule has 1 unspecified atom stereocenters. The smallest absolute Gasteiger partial charge is 0.316 e. The van der Waals surface area contributed by atoms with Crippen molar-refractivity contribution in [1.29, 1.82) is 0 Å². The van der Waals surface area contributed by atoms with Crippen molar-refractivity contribution < 1.29 is 35.0 Å². The summed E-state index contributed by atoms with van der Waals surface area (Å²) in [5.41, 5.74) is 0. The first-order valence-corrected chi connectivity index (χ1v) is 6.89. The van der Waals surface area contributed by atoms with Gasteiger partial charge in [-0.05, 0) is 6.42 Å². The molecule has 1 atom stereocenters. The third-order valence-electron chi connectivity index (χ3n) is 2.22. The zero-order valence-corrected chi connectivity index (χ0v) is 12.5. The topological polar surface area (TPSA) is 46.5 Å². The Kier molecular flexibility index (Phi) is 18.0. The fourth-order valence-corrected chi connectivity index (χ4v) is 1.71. The van der Waals surface area contributed by atoms with Gasteiger partial charge in [0.25, 0.3) is 0 Å². The molecule has 0 aliphatic rings. The van der Waals surface area contributed by atoms with E-state index in [9.17, 15) is 4.57 Å². The van der Waals surface area contributed by atoms with E-state index in [0.29, 0.717) is 6.61 Å². The predicted octanol–water partition coefficient (Wildman–Crippen LogP) is 3.52. The van der Waals surface area contributed by atoms with Gasteiger partial charge in [-0.2, -0.15) is 0 Å². The molecule has 0 aromatic rings. The summed E-state index contributed by atoms with van der Waals surface area (Å²) in [5, 5.41) is 0. The molecular formula is C10H23MoO3P. The van der Waals surface area contributed by atoms with Gasteiger partial charge in [-0.25, -0.2) is 0 Å². The van der Waals surface area contributed by atoms with Crippen LogP contribution >= 0.6 is 8.25 Å². The van der Waals surface area contributed by atoms with Crippen molar-refractivity contribution in [2.45, 2.75) is 58.3 Å². The molecule has 0 aromatic carbocycles. The minimum atomic E-state index is -2.69. The summed E-state index contributed by atoms with van der Waals surface area (Å²) in [5.74, 6) is 0. The Bertz CT molecular complexity index is 145. The van der Waals surface area contributed by atoms with E-state index in [-0.39, 0.29) is 21.1 Å². The van der Waals surface area contributed by atoms with Gasteiger partial charge in [0.1, 0.15) is 0 Å². The zero-order chi connectivity index (χ0) is 10.6. The van der Waals surface area contributed by atoms with E-state index in [4.69, 9.17) is 4.89 Å². The first kappa shape index (κ1) is 18.2. The molecule has 0 bridgehead atoms. The van der Waals surface area contributed by atoms with Gasteiger partial charge in [-0.1, -0.05) is 51.9 Å². The second-order valence-corrected chi connectivity index (χ2v) is 4.41. The van der Waals surface area contributed by atoms with Crippen LogP contribution in [0.1, 0.15) is 58.3 Å². The maximum atomic E-state index is 10.2. The Morgan fingerprint density at radius 1 is 1.00 bits per heavy atom. The summed E-state index contributed by atoms with van der Waals surface area (Å²) in [6.07, 6.45) is 9.83. The van der Waals surface area contributed by atoms with Gasteiger partial charge in [-0.15, -0.1) is 0 Å². The van der Waals surface area contributed by atoms with Crippen LogP contribution < -0.4 is 0 Å². The van der Waals surface area contributed by atoms with Crippen LogP contribution in [-0.2, 0) is 30.2 Å². The van der Waals surface area contributed by atoms with Crippen molar-refractivity contribution in [3.63, 3.8) is 0 Å². The van der Waals surface area contributed by atoms with Gasteiger partial charge < -0.3 is 9.42 Å². The van der Waals surface area contributed by atoms with E-state index < -0.39 is 8.25 Å². The van der Waals surface area contributed by atoms with E-state index in [2.05, 4.69) is 11.4 Å². The number of unbranched alkanes of at least 4 members (excludes halogenated alkanes) is 7. The average Bonchev–Trinajstić information content (AvgIpc) is 2.15. The Hall–Kier alpha value is 0.838. The van der Waals surface area contributed by atoms with Crippen molar-refractivity contribution >= 4 is 8.25 Å². The van der Waals surface area contributed by atoms with E-state index in [1.807, 2.05) is 0 Å². The third kappa shape index (κ3) is 17.5. The molecule has 0 amide bonds. The Balaban J connectivity index is 0.